The SMILES string of the molecule is Cc1cc(C)cc(CC(=O)N(C)CC(CC[N+]23CCC(C4CCCCC4)(CC2)CC3)c2ccc(Cl)c(Cl)c2)c1. The van der Waals surface area contributed by atoms with E-state index in [2.05, 4.69) is 38.1 Å². The van der Waals surface area contributed by atoms with E-state index in [1.807, 2.05) is 24.1 Å². The van der Waals surface area contributed by atoms with Crippen molar-refractivity contribution in [1.29, 1.82) is 0 Å². The molecule has 2 aromatic rings. The molecule has 2 bridgehead atoms. The fourth-order valence-corrected chi connectivity index (χ4v) is 8.53. The maximum absolute atomic E-state index is 13.3. The smallest absolute Gasteiger partial charge is 0.226 e. The van der Waals surface area contributed by atoms with Crippen molar-refractivity contribution >= 4 is 29.1 Å². The van der Waals surface area contributed by atoms with Gasteiger partial charge in [0.2, 0.25) is 5.91 Å². The fourth-order valence-electron chi connectivity index (χ4n) is 8.23. The summed E-state index contributed by atoms with van der Waals surface area (Å²) in [6, 6.07) is 12.5. The molecule has 2 aromatic carbocycles. The summed E-state index contributed by atoms with van der Waals surface area (Å²) in [4.78, 5) is 15.3. The van der Waals surface area contributed by atoms with Gasteiger partial charge < -0.3 is 9.38 Å². The van der Waals surface area contributed by atoms with Crippen molar-refractivity contribution < 1.29 is 9.28 Å². The second kappa shape index (κ2) is 12.1. The Balaban J connectivity index is 1.26. The largest absolute Gasteiger partial charge is 0.345 e. The summed E-state index contributed by atoms with van der Waals surface area (Å²) >= 11 is 12.8. The first-order valence-corrected chi connectivity index (χ1v) is 16.0. The maximum atomic E-state index is 13.3. The molecule has 0 N–H and O–H groups in total. The summed E-state index contributed by atoms with van der Waals surface area (Å²) in [6.07, 6.45) is 13.1. The van der Waals surface area contributed by atoms with Crippen LogP contribution in [0.2, 0.25) is 10.0 Å². The molecule has 4 aliphatic rings. The number of aryl methyl sites for hydroxylation is 2. The van der Waals surface area contributed by atoms with E-state index in [0.717, 1.165) is 17.9 Å². The van der Waals surface area contributed by atoms with E-state index < -0.39 is 0 Å². The number of piperidine rings is 3. The molecule has 1 unspecified atom stereocenters. The third-order valence-corrected chi connectivity index (χ3v) is 11.4. The van der Waals surface area contributed by atoms with Crippen LogP contribution in [0, 0.1) is 25.2 Å². The summed E-state index contributed by atoms with van der Waals surface area (Å²) < 4.78 is 1.27. The van der Waals surface area contributed by atoms with Crippen LogP contribution in [0.5, 0.6) is 0 Å². The normalized spacial score (nSPS) is 26.0. The summed E-state index contributed by atoms with van der Waals surface area (Å²) in [5, 5.41) is 1.19. The van der Waals surface area contributed by atoms with Crippen molar-refractivity contribution in [2.75, 3.05) is 39.8 Å². The van der Waals surface area contributed by atoms with E-state index in [1.54, 1.807) is 0 Å². The lowest BCUT2D eigenvalue weighted by molar-refractivity contribution is -0.946. The van der Waals surface area contributed by atoms with E-state index in [1.165, 1.54) is 98.7 Å². The van der Waals surface area contributed by atoms with Crippen LogP contribution >= 0.6 is 23.2 Å². The topological polar surface area (TPSA) is 20.3 Å². The number of hydrogen-bond acceptors (Lipinski definition) is 1. The van der Waals surface area contributed by atoms with Gasteiger partial charge in [-0.25, -0.2) is 0 Å². The minimum Gasteiger partial charge on any atom is -0.345 e. The van der Waals surface area contributed by atoms with E-state index in [0.29, 0.717) is 28.4 Å². The van der Waals surface area contributed by atoms with E-state index in [9.17, 15) is 4.79 Å². The van der Waals surface area contributed by atoms with Crippen LogP contribution in [0.3, 0.4) is 0 Å². The van der Waals surface area contributed by atoms with Gasteiger partial charge in [0.1, 0.15) is 0 Å². The van der Waals surface area contributed by atoms with Gasteiger partial charge in [-0.15, -0.1) is 0 Å². The maximum Gasteiger partial charge on any atom is 0.226 e. The second-order valence-electron chi connectivity index (χ2n) is 13.3. The van der Waals surface area contributed by atoms with Gasteiger partial charge in [-0.05, 0) is 61.3 Å². The van der Waals surface area contributed by atoms with Crippen molar-refractivity contribution in [2.45, 2.75) is 84.0 Å². The predicted molar refractivity (Wildman–Crippen MR) is 164 cm³/mol. The minimum atomic E-state index is 0.172. The molecule has 3 heterocycles. The first-order valence-electron chi connectivity index (χ1n) is 15.3. The Hall–Kier alpha value is -1.55. The van der Waals surface area contributed by atoms with E-state index >= 15 is 0 Å². The second-order valence-corrected chi connectivity index (χ2v) is 14.1. The zero-order valence-electron chi connectivity index (χ0n) is 24.3. The van der Waals surface area contributed by atoms with Crippen LogP contribution in [-0.2, 0) is 11.2 Å². The number of amides is 1. The highest BCUT2D eigenvalue weighted by molar-refractivity contribution is 6.42. The number of benzene rings is 2. The van der Waals surface area contributed by atoms with Crippen molar-refractivity contribution in [3.05, 3.63) is 68.7 Å². The first-order chi connectivity index (χ1) is 18.7. The number of halogens is 2. The third-order valence-electron chi connectivity index (χ3n) is 10.6. The van der Waals surface area contributed by atoms with Crippen LogP contribution in [0.15, 0.2) is 36.4 Å². The van der Waals surface area contributed by atoms with E-state index in [-0.39, 0.29) is 11.8 Å². The first kappa shape index (κ1) is 29.0. The lowest BCUT2D eigenvalue weighted by Crippen LogP contribution is -2.63. The van der Waals surface area contributed by atoms with Gasteiger partial charge in [0.15, 0.2) is 0 Å². The van der Waals surface area contributed by atoms with Crippen LogP contribution in [0.25, 0.3) is 0 Å². The van der Waals surface area contributed by atoms with Gasteiger partial charge in [0.05, 0.1) is 42.6 Å². The summed E-state index contributed by atoms with van der Waals surface area (Å²) in [5.41, 5.74) is 5.35. The van der Waals surface area contributed by atoms with Crippen LogP contribution in [0.1, 0.15) is 86.0 Å². The van der Waals surface area contributed by atoms with Gasteiger partial charge >= 0.3 is 0 Å². The zero-order chi connectivity index (χ0) is 27.6. The molecule has 1 saturated carbocycles. The number of carbonyl (C=O) groups is 1. The number of rotatable bonds is 9. The summed E-state index contributed by atoms with van der Waals surface area (Å²) in [7, 11) is 1.96. The highest BCUT2D eigenvalue weighted by Crippen LogP contribution is 2.53. The van der Waals surface area contributed by atoms with Crippen LogP contribution in [-0.4, -0.2) is 55.1 Å². The minimum absolute atomic E-state index is 0.172. The Morgan fingerprint density at radius 2 is 1.59 bits per heavy atom. The molecule has 1 atom stereocenters. The monoisotopic (exact) mass is 569 g/mol. The molecule has 6 rings (SSSR count). The number of hydrogen-bond donors (Lipinski definition) is 0. The molecule has 3 aliphatic heterocycles. The Kier molecular flexibility index (Phi) is 9.01. The Morgan fingerprint density at radius 1 is 0.949 bits per heavy atom. The highest BCUT2D eigenvalue weighted by atomic mass is 35.5. The standard InChI is InChI=1S/C34H47Cl2N2O/c1-25-19-26(2)21-27(20-25)22-33(39)37(3)24-29(28-9-10-31(35)32(36)23-28)11-15-38-16-12-34(13-17-38,14-18-38)30-7-5-4-6-8-30/h9-10,19-21,23,29-30H,4-8,11-18,22,24H2,1-3H3/q+1. The molecule has 4 fully saturated rings. The Labute approximate surface area is 246 Å². The summed E-state index contributed by atoms with van der Waals surface area (Å²) in [5.74, 6) is 1.40. The number of nitrogens with zero attached hydrogens (tertiary/aromatic N) is 2. The number of carbonyl (C=O) groups excluding carboxylic acids is 1. The average Bonchev–Trinajstić information content (AvgIpc) is 2.93. The highest BCUT2D eigenvalue weighted by Gasteiger charge is 2.52. The van der Waals surface area contributed by atoms with Crippen molar-refractivity contribution in [3.63, 3.8) is 0 Å². The van der Waals surface area contributed by atoms with Gasteiger partial charge in [0, 0.05) is 45.2 Å². The molecular formula is C34H47Cl2N2O+. The number of quaternary nitrogens is 1. The number of fused-ring (bicyclic) bond motifs is 3. The molecule has 3 saturated heterocycles. The molecule has 3 nitrogen and oxygen atoms in total. The lowest BCUT2D eigenvalue weighted by Gasteiger charge is -2.58. The molecule has 212 valence electrons. The van der Waals surface area contributed by atoms with E-state index in [4.69, 9.17) is 23.2 Å². The van der Waals surface area contributed by atoms with Gasteiger partial charge in [-0.2, -0.15) is 0 Å². The molecule has 0 radical (unpaired) electrons. The number of likely N-dealkylation sites (N-methyl/N-ethyl adjacent to an activating group) is 1. The predicted octanol–water partition coefficient (Wildman–Crippen LogP) is 8.37. The quantitative estimate of drug-likeness (QED) is 0.278. The third kappa shape index (κ3) is 6.68. The molecule has 5 heteroatoms. The van der Waals surface area contributed by atoms with Gasteiger partial charge in [-0.3, -0.25) is 4.79 Å². The molecule has 0 spiro atoms. The van der Waals surface area contributed by atoms with Crippen LogP contribution < -0.4 is 0 Å². The van der Waals surface area contributed by atoms with Crippen molar-refractivity contribution in [1.82, 2.24) is 4.90 Å². The van der Waals surface area contributed by atoms with Crippen molar-refractivity contribution in [3.8, 4) is 0 Å². The Morgan fingerprint density at radius 3 is 2.21 bits per heavy atom. The molecule has 1 aliphatic carbocycles. The average molecular weight is 571 g/mol. The van der Waals surface area contributed by atoms with Gasteiger partial charge in [-0.1, -0.05) is 77.9 Å². The fraction of sp³-hybridized carbons (Fsp3) is 0.618. The molecule has 0 aromatic heterocycles. The zero-order valence-corrected chi connectivity index (χ0v) is 25.8. The lowest BCUT2D eigenvalue weighted by atomic mass is 9.59. The Bertz CT molecular complexity index is 1130. The summed E-state index contributed by atoms with van der Waals surface area (Å²) in [6.45, 7) is 10.1. The van der Waals surface area contributed by atoms with Crippen molar-refractivity contribution in [2.24, 2.45) is 11.3 Å². The van der Waals surface area contributed by atoms with Gasteiger partial charge in [0.25, 0.3) is 0 Å². The van der Waals surface area contributed by atoms with Crippen LogP contribution in [0.4, 0.5) is 0 Å². The molecule has 1 amide bonds. The molecular weight excluding hydrogens is 523 g/mol. The molecule has 39 heavy (non-hydrogen) atoms.